The van der Waals surface area contributed by atoms with E-state index in [0.717, 1.165) is 24.8 Å². The van der Waals surface area contributed by atoms with Crippen molar-refractivity contribution in [3.05, 3.63) is 30.5 Å². The van der Waals surface area contributed by atoms with E-state index in [1.54, 1.807) is 0 Å². The molecule has 4 aliphatic carbocycles. The predicted molar refractivity (Wildman–Crippen MR) is 77.3 cm³/mol. The number of aliphatic hydroxyl groups is 1. The number of hydrogen-bond acceptors (Lipinski definition) is 2. The van der Waals surface area contributed by atoms with Crippen molar-refractivity contribution in [2.45, 2.75) is 49.7 Å². The SMILES string of the molecule is OC12C[C@H]3C[C@@H](C1)CC(n1cc4ccccc4n1)(C3)C2. The zero-order valence-corrected chi connectivity index (χ0v) is 11.6. The van der Waals surface area contributed by atoms with Gasteiger partial charge in [0, 0.05) is 18.0 Å². The van der Waals surface area contributed by atoms with Crippen LogP contribution < -0.4 is 0 Å². The number of hydrogen-bond donors (Lipinski definition) is 1. The lowest BCUT2D eigenvalue weighted by molar-refractivity contribution is -0.159. The van der Waals surface area contributed by atoms with Crippen molar-refractivity contribution < 1.29 is 5.11 Å². The average Bonchev–Trinajstić information content (AvgIpc) is 2.80. The maximum Gasteiger partial charge on any atom is 0.0923 e. The Morgan fingerprint density at radius 3 is 2.55 bits per heavy atom. The van der Waals surface area contributed by atoms with Gasteiger partial charge in [-0.15, -0.1) is 0 Å². The fourth-order valence-corrected chi connectivity index (χ4v) is 5.64. The molecule has 0 spiro atoms. The second-order valence-corrected chi connectivity index (χ2v) is 7.54. The Morgan fingerprint density at radius 1 is 1.10 bits per heavy atom. The minimum absolute atomic E-state index is 0.0812. The molecule has 4 saturated carbocycles. The van der Waals surface area contributed by atoms with Crippen molar-refractivity contribution >= 4 is 10.9 Å². The number of nitrogens with zero attached hydrogens (tertiary/aromatic N) is 2. The summed E-state index contributed by atoms with van der Waals surface area (Å²) in [5, 5.41) is 16.9. The van der Waals surface area contributed by atoms with Crippen LogP contribution in [0.2, 0.25) is 0 Å². The summed E-state index contributed by atoms with van der Waals surface area (Å²) < 4.78 is 2.21. The van der Waals surface area contributed by atoms with Gasteiger partial charge in [-0.05, 0) is 50.0 Å². The van der Waals surface area contributed by atoms with Crippen LogP contribution in [0.15, 0.2) is 30.5 Å². The molecule has 0 aliphatic heterocycles. The van der Waals surface area contributed by atoms with Gasteiger partial charge in [0.05, 0.1) is 16.7 Å². The van der Waals surface area contributed by atoms with Gasteiger partial charge in [0.15, 0.2) is 0 Å². The summed E-state index contributed by atoms with van der Waals surface area (Å²) in [6.07, 6.45) is 8.88. The molecule has 0 amide bonds. The first-order valence-electron chi connectivity index (χ1n) is 7.82. The average molecular weight is 268 g/mol. The van der Waals surface area contributed by atoms with Gasteiger partial charge in [0.25, 0.3) is 0 Å². The van der Waals surface area contributed by atoms with E-state index in [0.29, 0.717) is 11.8 Å². The van der Waals surface area contributed by atoms with Crippen molar-refractivity contribution in [1.82, 2.24) is 9.78 Å². The fourth-order valence-electron chi connectivity index (χ4n) is 5.64. The van der Waals surface area contributed by atoms with Gasteiger partial charge in [-0.3, -0.25) is 4.68 Å². The molecule has 1 aromatic heterocycles. The molecule has 0 radical (unpaired) electrons. The molecule has 4 atom stereocenters. The molecular weight excluding hydrogens is 248 g/mol. The third-order valence-electron chi connectivity index (χ3n) is 5.90. The molecule has 4 aliphatic rings. The Hall–Kier alpha value is -1.35. The van der Waals surface area contributed by atoms with Gasteiger partial charge in [-0.2, -0.15) is 5.10 Å². The highest BCUT2D eigenvalue weighted by Gasteiger charge is 2.58. The first kappa shape index (κ1) is 11.3. The Morgan fingerprint density at radius 2 is 1.85 bits per heavy atom. The van der Waals surface area contributed by atoms with Gasteiger partial charge >= 0.3 is 0 Å². The van der Waals surface area contributed by atoms with Crippen molar-refractivity contribution in [2.75, 3.05) is 0 Å². The Balaban J connectivity index is 1.65. The highest BCUT2D eigenvalue weighted by Crippen LogP contribution is 2.60. The zero-order chi connectivity index (χ0) is 13.4. The Bertz CT molecular complexity index is 642. The van der Waals surface area contributed by atoms with E-state index in [4.69, 9.17) is 5.10 Å². The molecule has 3 heteroatoms. The topological polar surface area (TPSA) is 38.0 Å². The van der Waals surface area contributed by atoms with Gasteiger partial charge in [-0.1, -0.05) is 18.2 Å². The molecule has 2 unspecified atom stereocenters. The fraction of sp³-hybridized carbons (Fsp3) is 0.588. The predicted octanol–water partition coefficient (Wildman–Crippen LogP) is 3.08. The molecule has 20 heavy (non-hydrogen) atoms. The van der Waals surface area contributed by atoms with Gasteiger partial charge in [0.2, 0.25) is 0 Å². The van der Waals surface area contributed by atoms with Gasteiger partial charge in [-0.25, -0.2) is 0 Å². The lowest BCUT2D eigenvalue weighted by atomic mass is 9.51. The van der Waals surface area contributed by atoms with Crippen LogP contribution in [0, 0.1) is 11.8 Å². The summed E-state index contributed by atoms with van der Waals surface area (Å²) in [5.74, 6) is 1.40. The third-order valence-corrected chi connectivity index (χ3v) is 5.90. The zero-order valence-electron chi connectivity index (χ0n) is 11.6. The lowest BCUT2D eigenvalue weighted by Gasteiger charge is -2.60. The van der Waals surface area contributed by atoms with Crippen LogP contribution in [0.1, 0.15) is 38.5 Å². The molecule has 0 saturated heterocycles. The second kappa shape index (κ2) is 3.45. The van der Waals surface area contributed by atoms with Crippen molar-refractivity contribution in [1.29, 1.82) is 0 Å². The molecular formula is C17H20N2O. The van der Waals surface area contributed by atoms with Crippen LogP contribution in [-0.4, -0.2) is 20.5 Å². The molecule has 104 valence electrons. The summed E-state index contributed by atoms with van der Waals surface area (Å²) >= 11 is 0. The third kappa shape index (κ3) is 1.42. The maximum atomic E-state index is 10.9. The van der Waals surface area contributed by atoms with Crippen LogP contribution in [0.4, 0.5) is 0 Å². The largest absolute Gasteiger partial charge is 0.390 e. The van der Waals surface area contributed by atoms with Gasteiger partial charge < -0.3 is 5.11 Å². The molecule has 4 fully saturated rings. The molecule has 1 N–H and O–H groups in total. The van der Waals surface area contributed by atoms with Crippen LogP contribution in [0.25, 0.3) is 10.9 Å². The van der Waals surface area contributed by atoms with Crippen LogP contribution in [0.5, 0.6) is 0 Å². The highest BCUT2D eigenvalue weighted by molar-refractivity contribution is 5.77. The first-order valence-corrected chi connectivity index (χ1v) is 7.82. The number of benzene rings is 1. The summed E-state index contributed by atoms with van der Waals surface area (Å²) in [4.78, 5) is 0. The highest BCUT2D eigenvalue weighted by atomic mass is 16.3. The molecule has 3 nitrogen and oxygen atoms in total. The minimum Gasteiger partial charge on any atom is -0.390 e. The van der Waals surface area contributed by atoms with E-state index in [9.17, 15) is 5.11 Å². The lowest BCUT2D eigenvalue weighted by Crippen LogP contribution is -2.59. The van der Waals surface area contributed by atoms with Crippen LogP contribution in [0.3, 0.4) is 0 Å². The smallest absolute Gasteiger partial charge is 0.0923 e. The number of rotatable bonds is 1. The van der Waals surface area contributed by atoms with E-state index < -0.39 is 5.60 Å². The van der Waals surface area contributed by atoms with E-state index in [1.807, 2.05) is 6.07 Å². The van der Waals surface area contributed by atoms with Gasteiger partial charge in [0.1, 0.15) is 0 Å². The quantitative estimate of drug-likeness (QED) is 0.863. The summed E-state index contributed by atoms with van der Waals surface area (Å²) in [5.41, 5.74) is 0.746. The number of fused-ring (bicyclic) bond motifs is 1. The number of aromatic nitrogens is 2. The summed E-state index contributed by atoms with van der Waals surface area (Å²) in [6, 6.07) is 8.34. The Kier molecular flexibility index (Phi) is 1.95. The Labute approximate surface area is 118 Å². The normalized spacial score (nSPS) is 42.5. The monoisotopic (exact) mass is 268 g/mol. The molecule has 4 bridgehead atoms. The van der Waals surface area contributed by atoms with Crippen molar-refractivity contribution in [2.24, 2.45) is 11.8 Å². The van der Waals surface area contributed by atoms with E-state index in [-0.39, 0.29) is 5.54 Å². The maximum absolute atomic E-state index is 10.9. The van der Waals surface area contributed by atoms with Crippen molar-refractivity contribution in [3.63, 3.8) is 0 Å². The van der Waals surface area contributed by atoms with E-state index in [2.05, 4.69) is 29.1 Å². The first-order chi connectivity index (χ1) is 9.64. The van der Waals surface area contributed by atoms with E-state index >= 15 is 0 Å². The molecule has 1 heterocycles. The standard InChI is InChI=1S/C17H20N2O/c20-17-8-12-5-13(9-17)7-16(6-12,11-17)19-10-14-3-1-2-4-15(14)18-19/h1-4,10,12-13,20H,5-9,11H2/t12-,13+,16?,17?. The summed E-state index contributed by atoms with van der Waals surface area (Å²) in [7, 11) is 0. The second-order valence-electron chi connectivity index (χ2n) is 7.54. The molecule has 6 rings (SSSR count). The van der Waals surface area contributed by atoms with Crippen LogP contribution in [-0.2, 0) is 5.54 Å². The van der Waals surface area contributed by atoms with E-state index in [1.165, 1.54) is 24.6 Å². The minimum atomic E-state index is -0.414. The van der Waals surface area contributed by atoms with Crippen molar-refractivity contribution in [3.8, 4) is 0 Å². The van der Waals surface area contributed by atoms with Crippen LogP contribution >= 0.6 is 0 Å². The molecule has 1 aromatic carbocycles. The molecule has 2 aromatic rings. The summed E-state index contributed by atoms with van der Waals surface area (Å²) in [6.45, 7) is 0.